The summed E-state index contributed by atoms with van der Waals surface area (Å²) >= 11 is 0. The molecule has 0 rings (SSSR count). The Morgan fingerprint density at radius 3 is 2.09 bits per heavy atom. The van der Waals surface area contributed by atoms with Gasteiger partial charge in [-0.1, -0.05) is 0 Å². The Labute approximate surface area is 63.3 Å². The zero-order valence-corrected chi connectivity index (χ0v) is 6.67. The fourth-order valence-corrected chi connectivity index (χ4v) is 1.13. The third-order valence-corrected chi connectivity index (χ3v) is 2.52. The maximum absolute atomic E-state index is 11.4. The summed E-state index contributed by atoms with van der Waals surface area (Å²) in [5.41, 5.74) is 0. The van der Waals surface area contributed by atoms with Gasteiger partial charge >= 0.3 is 6.18 Å². The molecule has 6 heteroatoms. The van der Waals surface area contributed by atoms with E-state index >= 15 is 0 Å². The molecular formula is C5H8F3O2S. The first-order chi connectivity index (χ1) is 4.77. The molecule has 0 N–H and O–H groups in total. The van der Waals surface area contributed by atoms with E-state index in [0.29, 0.717) is 0 Å². The minimum atomic E-state index is -4.39. The van der Waals surface area contributed by atoms with Crippen LogP contribution in [-0.4, -0.2) is 20.3 Å². The summed E-state index contributed by atoms with van der Waals surface area (Å²) in [5.74, 6) is -0.0776. The topological polar surface area (TPSA) is 34.1 Å². The first kappa shape index (κ1) is 10.7. The van der Waals surface area contributed by atoms with Crippen LogP contribution in [0, 0.1) is 5.75 Å². The van der Waals surface area contributed by atoms with Crippen LogP contribution in [0.4, 0.5) is 13.2 Å². The molecule has 0 unspecified atom stereocenters. The van der Waals surface area contributed by atoms with Crippen molar-refractivity contribution in [3.05, 3.63) is 5.75 Å². The van der Waals surface area contributed by atoms with Crippen LogP contribution >= 0.6 is 0 Å². The molecule has 67 valence electrons. The molecule has 0 aromatic rings. The lowest BCUT2D eigenvalue weighted by Crippen LogP contribution is -2.15. The Balaban J connectivity index is 3.91. The highest BCUT2D eigenvalue weighted by Gasteiger charge is 2.29. The van der Waals surface area contributed by atoms with Crippen molar-refractivity contribution in [2.24, 2.45) is 0 Å². The van der Waals surface area contributed by atoms with Crippen LogP contribution in [0.1, 0.15) is 13.3 Å². The van der Waals surface area contributed by atoms with Gasteiger partial charge in [0, 0.05) is 0 Å². The standard InChI is InChI=1S/C5H8F3O2S/c1-2-11(9,10)4-3-5(6,7)8/h2H,3-4H2,1H3. The van der Waals surface area contributed by atoms with Crippen LogP contribution in [0.5, 0.6) is 0 Å². The van der Waals surface area contributed by atoms with Crippen molar-refractivity contribution in [1.82, 2.24) is 0 Å². The molecule has 0 saturated heterocycles. The number of halogens is 3. The Bertz CT molecular complexity index is 204. The van der Waals surface area contributed by atoms with Gasteiger partial charge in [0.05, 0.1) is 17.9 Å². The lowest BCUT2D eigenvalue weighted by molar-refractivity contribution is -0.129. The Kier molecular flexibility index (Phi) is 3.34. The van der Waals surface area contributed by atoms with E-state index in [-0.39, 0.29) is 0 Å². The molecule has 0 atom stereocenters. The van der Waals surface area contributed by atoms with E-state index in [0.717, 1.165) is 5.75 Å². The van der Waals surface area contributed by atoms with Crippen molar-refractivity contribution in [3.8, 4) is 0 Å². The van der Waals surface area contributed by atoms with Gasteiger partial charge in [-0.15, -0.1) is 0 Å². The van der Waals surface area contributed by atoms with Gasteiger partial charge in [-0.25, -0.2) is 8.42 Å². The van der Waals surface area contributed by atoms with Gasteiger partial charge in [0.2, 0.25) is 0 Å². The summed E-state index contributed by atoms with van der Waals surface area (Å²) in [7, 11) is -3.60. The monoisotopic (exact) mass is 189 g/mol. The van der Waals surface area contributed by atoms with Gasteiger partial charge in [-0.2, -0.15) is 13.2 Å². The Hall–Kier alpha value is -0.260. The Morgan fingerprint density at radius 1 is 1.36 bits per heavy atom. The van der Waals surface area contributed by atoms with Gasteiger partial charge in [0.1, 0.15) is 0 Å². The summed E-state index contributed by atoms with van der Waals surface area (Å²) in [4.78, 5) is 0. The predicted octanol–water partition coefficient (Wildman–Crippen LogP) is 1.54. The normalized spacial score (nSPS) is 13.5. The van der Waals surface area contributed by atoms with Gasteiger partial charge < -0.3 is 0 Å². The van der Waals surface area contributed by atoms with Crippen molar-refractivity contribution in [2.45, 2.75) is 19.5 Å². The van der Waals surface area contributed by atoms with E-state index in [4.69, 9.17) is 0 Å². The molecule has 0 fully saturated rings. The highest BCUT2D eigenvalue weighted by molar-refractivity contribution is 7.93. The average molecular weight is 189 g/mol. The molecule has 2 nitrogen and oxygen atoms in total. The van der Waals surface area contributed by atoms with Crippen LogP contribution in [0.25, 0.3) is 0 Å². The second-order valence-corrected chi connectivity index (χ2v) is 4.17. The van der Waals surface area contributed by atoms with Crippen molar-refractivity contribution >= 4 is 9.84 Å². The largest absolute Gasteiger partial charge is 0.390 e. The first-order valence-corrected chi connectivity index (χ1v) is 4.57. The second kappa shape index (κ2) is 3.42. The van der Waals surface area contributed by atoms with Gasteiger partial charge in [-0.05, 0) is 6.92 Å². The predicted molar refractivity (Wildman–Crippen MR) is 34.4 cm³/mol. The zero-order valence-electron chi connectivity index (χ0n) is 5.85. The summed E-state index contributed by atoms with van der Waals surface area (Å²) < 4.78 is 55.3. The molecule has 0 aromatic heterocycles. The molecule has 0 aromatic carbocycles. The van der Waals surface area contributed by atoms with Crippen LogP contribution in [-0.2, 0) is 9.84 Å². The molecule has 0 bridgehead atoms. The molecule has 0 spiro atoms. The molecule has 11 heavy (non-hydrogen) atoms. The van der Waals surface area contributed by atoms with Gasteiger partial charge in [0.25, 0.3) is 0 Å². The van der Waals surface area contributed by atoms with Crippen molar-refractivity contribution in [3.63, 3.8) is 0 Å². The summed E-state index contributed by atoms with van der Waals surface area (Å²) in [5, 5.41) is 0. The van der Waals surface area contributed by atoms with Gasteiger partial charge in [0.15, 0.2) is 9.84 Å². The molecule has 1 radical (unpaired) electrons. The quantitative estimate of drug-likeness (QED) is 0.674. The van der Waals surface area contributed by atoms with Crippen LogP contribution < -0.4 is 0 Å². The lowest BCUT2D eigenvalue weighted by atomic mass is 10.5. The van der Waals surface area contributed by atoms with Crippen LogP contribution in [0.3, 0.4) is 0 Å². The fourth-order valence-electron chi connectivity index (χ4n) is 0.376. The van der Waals surface area contributed by atoms with Crippen LogP contribution in [0.15, 0.2) is 0 Å². The second-order valence-electron chi connectivity index (χ2n) is 1.97. The third kappa shape index (κ3) is 6.15. The van der Waals surface area contributed by atoms with E-state index in [2.05, 4.69) is 0 Å². The third-order valence-electron chi connectivity index (χ3n) is 1.03. The van der Waals surface area contributed by atoms with Crippen molar-refractivity contribution in [2.75, 3.05) is 5.75 Å². The molecule has 0 aliphatic carbocycles. The van der Waals surface area contributed by atoms with E-state index in [9.17, 15) is 21.6 Å². The molecule has 0 aliphatic heterocycles. The smallest absolute Gasteiger partial charge is 0.229 e. The lowest BCUT2D eigenvalue weighted by Gasteiger charge is -2.04. The number of sulfone groups is 1. The van der Waals surface area contributed by atoms with Crippen LogP contribution in [0.2, 0.25) is 0 Å². The highest BCUT2D eigenvalue weighted by Crippen LogP contribution is 2.20. The number of hydrogen-bond acceptors (Lipinski definition) is 2. The summed E-state index contributed by atoms with van der Waals surface area (Å²) in [6.45, 7) is 1.20. The minimum absolute atomic E-state index is 0.777. The maximum atomic E-state index is 11.4. The number of rotatable bonds is 3. The average Bonchev–Trinajstić information content (AvgIpc) is 1.83. The SMILES string of the molecule is C[CH]S(=O)(=O)CCC(F)(F)F. The molecular weight excluding hydrogens is 181 g/mol. The highest BCUT2D eigenvalue weighted by atomic mass is 32.2. The first-order valence-electron chi connectivity index (χ1n) is 2.86. The number of alkyl halides is 3. The minimum Gasteiger partial charge on any atom is -0.229 e. The summed E-state index contributed by atoms with van der Waals surface area (Å²) in [6.07, 6.45) is -5.67. The van der Waals surface area contributed by atoms with Gasteiger partial charge in [-0.3, -0.25) is 0 Å². The molecule has 0 heterocycles. The van der Waals surface area contributed by atoms with E-state index in [1.165, 1.54) is 6.92 Å². The number of hydrogen-bond donors (Lipinski definition) is 0. The zero-order chi connectivity index (χ0) is 9.12. The Morgan fingerprint density at radius 2 is 1.82 bits per heavy atom. The maximum Gasteiger partial charge on any atom is 0.390 e. The van der Waals surface area contributed by atoms with Crippen molar-refractivity contribution in [1.29, 1.82) is 0 Å². The van der Waals surface area contributed by atoms with E-state index in [1.54, 1.807) is 0 Å². The fraction of sp³-hybridized carbons (Fsp3) is 0.800. The van der Waals surface area contributed by atoms with E-state index in [1.807, 2.05) is 0 Å². The molecule has 0 amide bonds. The molecule has 0 saturated carbocycles. The summed E-state index contributed by atoms with van der Waals surface area (Å²) in [6, 6.07) is 0. The van der Waals surface area contributed by atoms with Crippen molar-refractivity contribution < 1.29 is 21.6 Å². The van der Waals surface area contributed by atoms with E-state index < -0.39 is 28.2 Å². The molecule has 0 aliphatic rings.